The van der Waals surface area contributed by atoms with Crippen LogP contribution in [-0.2, 0) is 12.8 Å². The number of fused-ring (bicyclic) bond motifs is 1. The summed E-state index contributed by atoms with van der Waals surface area (Å²) in [6.07, 6.45) is 5.02. The number of halogens is 2. The van der Waals surface area contributed by atoms with Crippen molar-refractivity contribution < 1.29 is 23.0 Å². The van der Waals surface area contributed by atoms with Gasteiger partial charge in [0.15, 0.2) is 5.76 Å². The van der Waals surface area contributed by atoms with Crippen LogP contribution in [0.25, 0.3) is 22.3 Å². The fraction of sp³-hybridized carbons (Fsp3) is 0.321. The van der Waals surface area contributed by atoms with Gasteiger partial charge in [-0.15, -0.1) is 0 Å². The van der Waals surface area contributed by atoms with Gasteiger partial charge in [-0.2, -0.15) is 0 Å². The van der Waals surface area contributed by atoms with Crippen molar-refractivity contribution >= 4 is 22.6 Å². The van der Waals surface area contributed by atoms with Crippen LogP contribution in [0.1, 0.15) is 38.8 Å². The van der Waals surface area contributed by atoms with Crippen LogP contribution in [0.5, 0.6) is 17.2 Å². The molecule has 35 heavy (non-hydrogen) atoms. The Morgan fingerprint density at radius 2 is 1.49 bits per heavy atom. The van der Waals surface area contributed by atoms with Crippen LogP contribution in [-0.4, -0.2) is 21.3 Å². The van der Waals surface area contributed by atoms with E-state index >= 15 is 0 Å². The maximum Gasteiger partial charge on any atom is 0.239 e. The summed E-state index contributed by atoms with van der Waals surface area (Å²) in [5, 5.41) is 0.213. The van der Waals surface area contributed by atoms with Crippen molar-refractivity contribution in [3.05, 3.63) is 73.7 Å². The monoisotopic (exact) mass is 500 g/mol. The fourth-order valence-electron chi connectivity index (χ4n) is 3.94. The quantitative estimate of drug-likeness (QED) is 0.304. The summed E-state index contributed by atoms with van der Waals surface area (Å²) in [6, 6.07) is 4.19. The molecular formula is C28H30ClFO5. The number of allylic oxidation sites excluding steroid dienone is 4. The SMILES string of the molecule is COc1c(CC=C(C)C)c(OC)c2c(=O)c(OC)c(-c3ccc(Cl)c(F)c3)oc2c1CC=C(C)C. The molecule has 3 aromatic rings. The van der Waals surface area contributed by atoms with E-state index in [-0.39, 0.29) is 21.9 Å². The van der Waals surface area contributed by atoms with E-state index in [0.717, 1.165) is 16.7 Å². The molecule has 0 unspecified atom stereocenters. The third-order valence-electron chi connectivity index (χ3n) is 5.62. The number of hydrogen-bond acceptors (Lipinski definition) is 5. The topological polar surface area (TPSA) is 57.9 Å². The molecule has 0 bridgehead atoms. The Balaban J connectivity index is 2.55. The van der Waals surface area contributed by atoms with Gasteiger partial charge in [-0.05, 0) is 58.7 Å². The van der Waals surface area contributed by atoms with Crippen LogP contribution < -0.4 is 19.6 Å². The molecule has 3 rings (SSSR count). The van der Waals surface area contributed by atoms with Crippen molar-refractivity contribution in [3.63, 3.8) is 0 Å². The molecule has 0 aliphatic carbocycles. The van der Waals surface area contributed by atoms with E-state index in [1.165, 1.54) is 26.4 Å². The van der Waals surface area contributed by atoms with Crippen molar-refractivity contribution in [3.8, 4) is 28.6 Å². The highest BCUT2D eigenvalue weighted by Crippen LogP contribution is 2.44. The number of rotatable bonds is 8. The second kappa shape index (κ2) is 11.0. The molecule has 0 fully saturated rings. The number of benzene rings is 2. The molecular weight excluding hydrogens is 471 g/mol. The van der Waals surface area contributed by atoms with E-state index < -0.39 is 11.2 Å². The highest BCUT2D eigenvalue weighted by atomic mass is 35.5. The molecule has 0 aliphatic rings. The first-order valence-corrected chi connectivity index (χ1v) is 11.5. The van der Waals surface area contributed by atoms with Crippen molar-refractivity contribution in [1.82, 2.24) is 0 Å². The molecule has 0 saturated heterocycles. The minimum absolute atomic E-state index is 0.0349. The first kappa shape index (κ1) is 26.4. The summed E-state index contributed by atoms with van der Waals surface area (Å²) in [6.45, 7) is 7.98. The standard InChI is InChI=1S/C28H30ClFO5/c1-15(2)8-11-18-25(32-5)19(12-9-16(3)4)27-22(26(18)33-6)23(31)28(34-7)24(35-27)17-10-13-20(29)21(30)14-17/h8-10,13-14H,11-12H2,1-7H3. The molecule has 0 radical (unpaired) electrons. The normalized spacial score (nSPS) is 10.8. The van der Waals surface area contributed by atoms with Gasteiger partial charge in [0.1, 0.15) is 28.3 Å². The molecule has 0 atom stereocenters. The van der Waals surface area contributed by atoms with E-state index in [1.54, 1.807) is 13.2 Å². The van der Waals surface area contributed by atoms with Crippen LogP contribution in [0.2, 0.25) is 5.02 Å². The fourth-order valence-corrected chi connectivity index (χ4v) is 4.06. The first-order valence-electron chi connectivity index (χ1n) is 11.2. The summed E-state index contributed by atoms with van der Waals surface area (Å²) in [5.41, 5.74) is 3.84. The minimum atomic E-state index is -0.633. The molecule has 1 heterocycles. The van der Waals surface area contributed by atoms with Crippen LogP contribution in [0.3, 0.4) is 0 Å². The van der Waals surface area contributed by atoms with E-state index in [0.29, 0.717) is 41.1 Å². The van der Waals surface area contributed by atoms with Gasteiger partial charge in [-0.25, -0.2) is 4.39 Å². The summed E-state index contributed by atoms with van der Waals surface area (Å²) < 4.78 is 37.7. The second-order valence-corrected chi connectivity index (χ2v) is 9.03. The molecule has 2 aromatic carbocycles. The minimum Gasteiger partial charge on any atom is -0.496 e. The van der Waals surface area contributed by atoms with Gasteiger partial charge in [-0.3, -0.25) is 4.79 Å². The zero-order valence-electron chi connectivity index (χ0n) is 21.1. The van der Waals surface area contributed by atoms with Crippen LogP contribution in [0.4, 0.5) is 4.39 Å². The van der Waals surface area contributed by atoms with E-state index in [4.69, 9.17) is 30.2 Å². The Morgan fingerprint density at radius 1 is 0.914 bits per heavy atom. The lowest BCUT2D eigenvalue weighted by Gasteiger charge is -2.20. The summed E-state index contributed by atoms with van der Waals surface area (Å²) >= 11 is 5.87. The molecule has 186 valence electrons. The molecule has 0 amide bonds. The predicted molar refractivity (Wildman–Crippen MR) is 139 cm³/mol. The van der Waals surface area contributed by atoms with Crippen molar-refractivity contribution in [1.29, 1.82) is 0 Å². The maximum absolute atomic E-state index is 14.3. The van der Waals surface area contributed by atoms with Crippen LogP contribution in [0, 0.1) is 5.82 Å². The third-order valence-corrected chi connectivity index (χ3v) is 5.92. The number of ether oxygens (including phenoxy) is 3. The largest absolute Gasteiger partial charge is 0.496 e. The summed E-state index contributed by atoms with van der Waals surface area (Å²) in [7, 11) is 4.46. The molecule has 0 N–H and O–H groups in total. The lowest BCUT2D eigenvalue weighted by Crippen LogP contribution is -2.12. The van der Waals surface area contributed by atoms with E-state index in [2.05, 4.69) is 0 Å². The third kappa shape index (κ3) is 5.22. The van der Waals surface area contributed by atoms with Gasteiger partial charge >= 0.3 is 0 Å². The van der Waals surface area contributed by atoms with Gasteiger partial charge in [-0.1, -0.05) is 34.9 Å². The Labute approximate surface area is 209 Å². The van der Waals surface area contributed by atoms with E-state index in [1.807, 2.05) is 39.8 Å². The number of hydrogen-bond donors (Lipinski definition) is 0. The Bertz CT molecular complexity index is 1380. The number of methoxy groups -OCH3 is 3. The van der Waals surface area contributed by atoms with Crippen LogP contribution in [0.15, 0.2) is 50.7 Å². The molecule has 1 aromatic heterocycles. The smallest absolute Gasteiger partial charge is 0.239 e. The van der Waals surface area contributed by atoms with Crippen molar-refractivity contribution in [2.45, 2.75) is 40.5 Å². The second-order valence-electron chi connectivity index (χ2n) is 8.62. The average molecular weight is 501 g/mol. The summed E-state index contributed by atoms with van der Waals surface area (Å²) in [5.74, 6) is 0.345. The van der Waals surface area contributed by atoms with Gasteiger partial charge in [0.05, 0.1) is 26.4 Å². The average Bonchev–Trinajstić information content (AvgIpc) is 2.82. The van der Waals surface area contributed by atoms with Gasteiger partial charge in [0.25, 0.3) is 0 Å². The van der Waals surface area contributed by atoms with E-state index in [9.17, 15) is 9.18 Å². The Hall–Kier alpha value is -3.25. The highest BCUT2D eigenvalue weighted by molar-refractivity contribution is 6.30. The van der Waals surface area contributed by atoms with Crippen molar-refractivity contribution in [2.75, 3.05) is 21.3 Å². The molecule has 0 saturated carbocycles. The van der Waals surface area contributed by atoms with Gasteiger partial charge in [0.2, 0.25) is 11.2 Å². The Kier molecular flexibility index (Phi) is 8.28. The lowest BCUT2D eigenvalue weighted by molar-refractivity contribution is 0.381. The zero-order chi connectivity index (χ0) is 25.9. The molecule has 5 nitrogen and oxygen atoms in total. The first-order chi connectivity index (χ1) is 16.6. The predicted octanol–water partition coefficient (Wildman–Crippen LogP) is 7.30. The summed E-state index contributed by atoms with van der Waals surface area (Å²) in [4.78, 5) is 13.8. The van der Waals surface area contributed by atoms with Crippen LogP contribution >= 0.6 is 11.6 Å². The van der Waals surface area contributed by atoms with Crippen molar-refractivity contribution in [2.24, 2.45) is 0 Å². The van der Waals surface area contributed by atoms with Gasteiger partial charge < -0.3 is 18.6 Å². The molecule has 0 spiro atoms. The lowest BCUT2D eigenvalue weighted by atomic mass is 9.96. The highest BCUT2D eigenvalue weighted by Gasteiger charge is 2.28. The molecule has 0 aliphatic heterocycles. The molecule has 7 heteroatoms. The maximum atomic E-state index is 14.3. The Morgan fingerprint density at radius 3 is 2.00 bits per heavy atom. The zero-order valence-corrected chi connectivity index (χ0v) is 21.9. The van der Waals surface area contributed by atoms with Gasteiger partial charge in [0, 0.05) is 16.7 Å².